The SMILES string of the molecule is CC[C@H](C)[C@@H]1NC(=O)[C@H](CC(C)C)N(C)C(=O)C[C@@H](C)N(C)C(=O)[C@H](CC(C)C)NC(=O)C(C)(C)N(C)C(=O)[C@H](CC=C(C)C)NC(=O)[C@H](Cc2cccc(I)c2)NC(=O)CN(C)C(=O)[C@H](Cc2ccc(Cl)cc2)N(C)C(=O)[C@@H]2CCN2C(=O)CN(C)C1=O. The molecule has 2 aliphatic rings. The maximum absolute atomic E-state index is 14.8. The van der Waals surface area contributed by atoms with Crippen molar-refractivity contribution in [2.24, 2.45) is 17.8 Å². The van der Waals surface area contributed by atoms with Gasteiger partial charge in [-0.15, -0.1) is 0 Å². The highest BCUT2D eigenvalue weighted by atomic mass is 127. The van der Waals surface area contributed by atoms with Gasteiger partial charge in [0, 0.05) is 82.7 Å². The lowest BCUT2D eigenvalue weighted by atomic mass is 9.95. The summed E-state index contributed by atoms with van der Waals surface area (Å²) in [6.45, 7) is 18.7. The Balaban J connectivity index is 1.84. The predicted molar refractivity (Wildman–Crippen MR) is 350 cm³/mol. The molecule has 0 saturated carbocycles. The molecule has 24 heteroatoms. The van der Waals surface area contributed by atoms with Gasteiger partial charge in [0.15, 0.2) is 0 Å². The lowest BCUT2D eigenvalue weighted by molar-refractivity contribution is -0.157. The van der Waals surface area contributed by atoms with Crippen molar-refractivity contribution in [2.45, 2.75) is 181 Å². The number of hydrogen-bond donors (Lipinski definition) is 4. The molecular weight excluding hydrogens is 1270 g/mol. The molecule has 89 heavy (non-hydrogen) atoms. The van der Waals surface area contributed by atoms with E-state index in [2.05, 4.69) is 43.9 Å². The summed E-state index contributed by atoms with van der Waals surface area (Å²) >= 11 is 8.38. The van der Waals surface area contributed by atoms with Crippen LogP contribution >= 0.6 is 34.2 Å². The Bertz CT molecular complexity index is 2920. The number of allylic oxidation sites excluding steroid dienone is 1. The van der Waals surface area contributed by atoms with Crippen LogP contribution in [-0.4, -0.2) is 215 Å². The zero-order valence-corrected chi connectivity index (χ0v) is 58.1. The predicted octanol–water partition coefficient (Wildman–Crippen LogP) is 4.82. The summed E-state index contributed by atoms with van der Waals surface area (Å²) < 4.78 is 0.853. The van der Waals surface area contributed by atoms with Crippen LogP contribution in [0.2, 0.25) is 5.02 Å². The maximum Gasteiger partial charge on any atom is 0.246 e. The molecule has 4 rings (SSSR count). The fourth-order valence-electron chi connectivity index (χ4n) is 10.6. The van der Waals surface area contributed by atoms with Gasteiger partial charge in [-0.2, -0.15) is 0 Å². The molecule has 2 saturated heterocycles. The summed E-state index contributed by atoms with van der Waals surface area (Å²) in [5, 5.41) is 11.9. The monoisotopic (exact) mass is 1370 g/mol. The number of benzene rings is 2. The first-order valence-electron chi connectivity index (χ1n) is 30.7. The highest BCUT2D eigenvalue weighted by Crippen LogP contribution is 2.25. The van der Waals surface area contributed by atoms with Crippen molar-refractivity contribution in [1.29, 1.82) is 0 Å². The van der Waals surface area contributed by atoms with Crippen molar-refractivity contribution in [3.63, 3.8) is 0 Å². The molecule has 0 spiro atoms. The maximum atomic E-state index is 14.8. The molecule has 492 valence electrons. The number of nitrogens with zero attached hydrogens (tertiary/aromatic N) is 7. The first kappa shape index (κ1) is 74.8. The van der Waals surface area contributed by atoms with Crippen LogP contribution in [0.4, 0.5) is 0 Å². The summed E-state index contributed by atoms with van der Waals surface area (Å²) in [5.74, 6) is -7.32. The number of amides is 11. The second-order valence-corrected chi connectivity index (χ2v) is 27.4. The summed E-state index contributed by atoms with van der Waals surface area (Å²) in [7, 11) is 8.72. The quantitative estimate of drug-likeness (QED) is 0.165. The lowest BCUT2D eigenvalue weighted by Crippen LogP contribution is -2.63. The third kappa shape index (κ3) is 20.7. The molecule has 0 unspecified atom stereocenters. The van der Waals surface area contributed by atoms with Gasteiger partial charge in [0.25, 0.3) is 0 Å². The molecule has 0 aromatic heterocycles. The summed E-state index contributed by atoms with van der Waals surface area (Å²) in [5.41, 5.74) is 0.500. The van der Waals surface area contributed by atoms with Gasteiger partial charge in [-0.25, -0.2) is 0 Å². The molecule has 0 aliphatic carbocycles. The Hall–Kier alpha value is -6.63. The Morgan fingerprint density at radius 2 is 1.27 bits per heavy atom. The number of likely N-dealkylation sites (N-methyl/N-ethyl adjacent to an activating group) is 6. The molecule has 11 amide bonds. The number of carbonyl (C=O) groups is 11. The molecule has 2 fully saturated rings. The minimum absolute atomic E-state index is 0.00659. The average molecular weight is 1370 g/mol. The van der Waals surface area contributed by atoms with E-state index in [4.69, 9.17) is 11.6 Å². The first-order valence-corrected chi connectivity index (χ1v) is 32.2. The van der Waals surface area contributed by atoms with Gasteiger partial charge >= 0.3 is 0 Å². The molecule has 2 aliphatic heterocycles. The molecular formula is C65H97ClIN11O11. The van der Waals surface area contributed by atoms with Gasteiger partial charge in [0.05, 0.1) is 13.1 Å². The Morgan fingerprint density at radius 3 is 1.83 bits per heavy atom. The Morgan fingerprint density at radius 1 is 0.652 bits per heavy atom. The highest BCUT2D eigenvalue weighted by molar-refractivity contribution is 14.1. The van der Waals surface area contributed by atoms with Crippen LogP contribution in [0, 0.1) is 21.3 Å². The third-order valence-corrected chi connectivity index (χ3v) is 18.0. The largest absolute Gasteiger partial charge is 0.342 e. The van der Waals surface area contributed by atoms with Crippen molar-refractivity contribution in [1.82, 2.24) is 55.6 Å². The molecule has 22 nitrogen and oxygen atoms in total. The van der Waals surface area contributed by atoms with Gasteiger partial charge in [-0.3, -0.25) is 52.7 Å². The van der Waals surface area contributed by atoms with E-state index >= 15 is 0 Å². The van der Waals surface area contributed by atoms with E-state index in [1.807, 2.05) is 60.6 Å². The zero-order valence-electron chi connectivity index (χ0n) is 55.2. The molecule has 0 bridgehead atoms. The van der Waals surface area contributed by atoms with Crippen molar-refractivity contribution in [3.05, 3.63) is 79.9 Å². The normalized spacial score (nSPS) is 24.9. The second-order valence-electron chi connectivity index (χ2n) is 25.7. The standard InChI is InChI=1S/C65H97ClIN11O11/c1-18-41(8)56-63(88)73(13)37-55(81)78-29-28-50(78)62(87)76(16)52(35-43-23-25-45(66)26-24-43)61(86)72(12)36-53(79)68-48(34-44-20-19-21-46(67)33-44)57(82)69-47(27-22-38(2)3)60(85)77(17)65(10,11)64(89)70-49(30-39(4)5)59(84)74(14)42(9)32-54(80)75(15)51(31-40(6)7)58(83)71-56/h19-26,33,39-42,47-52,56H,18,27-32,34-37H2,1-17H3,(H,68,79)(H,69,82)(H,70,89)(H,71,83)/t41-,42+,47-,48-,49-,50-,51-,52-,56-/m0/s1. The van der Waals surface area contributed by atoms with Crippen LogP contribution in [0.25, 0.3) is 0 Å². The molecule has 2 aromatic rings. The third-order valence-electron chi connectivity index (χ3n) is 17.1. The van der Waals surface area contributed by atoms with E-state index in [9.17, 15) is 52.7 Å². The fraction of sp³-hybridized carbons (Fsp3) is 0.615. The molecule has 0 radical (unpaired) electrons. The fourth-order valence-corrected chi connectivity index (χ4v) is 11.3. The van der Waals surface area contributed by atoms with Crippen LogP contribution < -0.4 is 21.3 Å². The van der Waals surface area contributed by atoms with E-state index in [1.165, 1.54) is 85.5 Å². The van der Waals surface area contributed by atoms with Gasteiger partial charge in [-0.05, 0) is 136 Å². The number of rotatable bonds is 12. The molecule has 2 aromatic carbocycles. The minimum atomic E-state index is -1.63. The van der Waals surface area contributed by atoms with Crippen LogP contribution in [0.1, 0.15) is 126 Å². The lowest BCUT2D eigenvalue weighted by Gasteiger charge is -2.43. The van der Waals surface area contributed by atoms with Crippen LogP contribution in [0.3, 0.4) is 0 Å². The van der Waals surface area contributed by atoms with Crippen LogP contribution in [-0.2, 0) is 65.6 Å². The Labute approximate surface area is 545 Å². The van der Waals surface area contributed by atoms with Crippen molar-refractivity contribution in [3.8, 4) is 0 Å². The zero-order chi connectivity index (χ0) is 67.1. The minimum Gasteiger partial charge on any atom is -0.342 e. The topological polar surface area (TPSA) is 259 Å². The average Bonchev–Trinajstić information content (AvgIpc) is 3.19. The first-order chi connectivity index (χ1) is 41.5. The van der Waals surface area contributed by atoms with Gasteiger partial charge in [0.2, 0.25) is 65.0 Å². The molecule has 2 heterocycles. The van der Waals surface area contributed by atoms with Crippen LogP contribution in [0.15, 0.2) is 60.2 Å². The molecule has 4 N–H and O–H groups in total. The number of hydrogen-bond acceptors (Lipinski definition) is 11. The van der Waals surface area contributed by atoms with E-state index in [-0.39, 0.29) is 63.3 Å². The van der Waals surface area contributed by atoms with E-state index in [0.29, 0.717) is 22.6 Å². The highest BCUT2D eigenvalue weighted by Gasteiger charge is 2.45. The summed E-state index contributed by atoms with van der Waals surface area (Å²) in [6, 6.07) is 5.15. The van der Waals surface area contributed by atoms with Gasteiger partial charge in [-0.1, -0.05) is 95.5 Å². The number of carbonyl (C=O) groups excluding carboxylic acids is 11. The number of fused-ring (bicyclic) bond motifs is 1. The van der Waals surface area contributed by atoms with E-state index in [0.717, 1.165) is 14.0 Å². The Kier molecular flexibility index (Phi) is 28.1. The van der Waals surface area contributed by atoms with E-state index < -0.39 is 138 Å². The summed E-state index contributed by atoms with van der Waals surface area (Å²) in [6.07, 6.45) is 2.59. The van der Waals surface area contributed by atoms with E-state index in [1.54, 1.807) is 56.3 Å². The number of halogens is 2. The molecule has 9 atom stereocenters. The van der Waals surface area contributed by atoms with Crippen molar-refractivity contribution >= 4 is 99.2 Å². The van der Waals surface area contributed by atoms with Crippen LogP contribution in [0.5, 0.6) is 0 Å². The number of nitrogens with one attached hydrogen (secondary N) is 4. The van der Waals surface area contributed by atoms with Crippen molar-refractivity contribution < 1.29 is 52.7 Å². The smallest absolute Gasteiger partial charge is 0.246 e. The summed E-state index contributed by atoms with van der Waals surface area (Å²) in [4.78, 5) is 169. The van der Waals surface area contributed by atoms with Gasteiger partial charge < -0.3 is 55.6 Å². The van der Waals surface area contributed by atoms with Crippen molar-refractivity contribution in [2.75, 3.05) is 61.9 Å². The second kappa shape index (κ2) is 33.4. The van der Waals surface area contributed by atoms with Gasteiger partial charge in [0.1, 0.15) is 47.8 Å².